The molecule has 1 saturated heterocycles. The van der Waals surface area contributed by atoms with Gasteiger partial charge in [0.1, 0.15) is 0 Å². The Kier molecular flexibility index (Phi) is 4.27. The molecule has 0 spiro atoms. The average molecular weight is 342 g/mol. The second-order valence-electron chi connectivity index (χ2n) is 7.43. The maximum atomic E-state index is 12.5. The molecule has 23 heavy (non-hydrogen) atoms. The summed E-state index contributed by atoms with van der Waals surface area (Å²) in [4.78, 5) is 4.58. The molecule has 0 amide bonds. The molecule has 1 aromatic heterocycles. The van der Waals surface area contributed by atoms with Crippen LogP contribution in [0.2, 0.25) is 0 Å². The first kappa shape index (κ1) is 16.9. The molecule has 0 radical (unpaired) electrons. The molecule has 1 N–H and O–H groups in total. The predicted molar refractivity (Wildman–Crippen MR) is 86.2 cm³/mol. The predicted octanol–water partition coefficient (Wildman–Crippen LogP) is 1.79. The van der Waals surface area contributed by atoms with Crippen molar-refractivity contribution in [3.63, 3.8) is 0 Å². The zero-order valence-electron chi connectivity index (χ0n) is 14.2. The van der Waals surface area contributed by atoms with Crippen LogP contribution in [0.4, 0.5) is 0 Å². The van der Waals surface area contributed by atoms with Gasteiger partial charge in [-0.15, -0.1) is 0 Å². The molecular weight excluding hydrogens is 316 g/mol. The van der Waals surface area contributed by atoms with Crippen molar-refractivity contribution >= 4 is 10.2 Å². The Balaban J connectivity index is 1.89. The number of nitrogens with zero attached hydrogens (tertiary/aromatic N) is 3. The fourth-order valence-electron chi connectivity index (χ4n) is 3.82. The lowest BCUT2D eigenvalue weighted by Crippen LogP contribution is -2.44. The smallest absolute Gasteiger partial charge is 0.279 e. The Morgan fingerprint density at radius 2 is 2.09 bits per heavy atom. The maximum Gasteiger partial charge on any atom is 0.279 e. The molecule has 8 heteroatoms. The van der Waals surface area contributed by atoms with Crippen molar-refractivity contribution < 1.29 is 12.9 Å². The van der Waals surface area contributed by atoms with Gasteiger partial charge in [0.15, 0.2) is 5.82 Å². The lowest BCUT2D eigenvalue weighted by atomic mass is 9.80. The monoisotopic (exact) mass is 342 g/mol. The van der Waals surface area contributed by atoms with Crippen LogP contribution in [0.25, 0.3) is 0 Å². The molecule has 3 rings (SSSR count). The Hall–Kier alpha value is -0.990. The minimum atomic E-state index is -3.46. The van der Waals surface area contributed by atoms with E-state index in [2.05, 4.69) is 14.9 Å². The molecule has 0 aromatic carbocycles. The number of aromatic nitrogens is 2. The fraction of sp³-hybridized carbons (Fsp3) is 0.867. The van der Waals surface area contributed by atoms with E-state index in [1.807, 2.05) is 27.7 Å². The molecule has 7 nitrogen and oxygen atoms in total. The zero-order valence-corrected chi connectivity index (χ0v) is 15.1. The van der Waals surface area contributed by atoms with E-state index < -0.39 is 10.2 Å². The second-order valence-corrected chi connectivity index (χ2v) is 9.13. The van der Waals surface area contributed by atoms with Gasteiger partial charge in [-0.2, -0.15) is 22.4 Å². The number of rotatable bonds is 5. The van der Waals surface area contributed by atoms with Gasteiger partial charge in [0, 0.05) is 25.0 Å². The van der Waals surface area contributed by atoms with Crippen LogP contribution in [0.5, 0.6) is 0 Å². The van der Waals surface area contributed by atoms with Gasteiger partial charge in [-0.1, -0.05) is 25.4 Å². The summed E-state index contributed by atoms with van der Waals surface area (Å²) in [5.74, 6) is 1.77. The summed E-state index contributed by atoms with van der Waals surface area (Å²) in [6.07, 6.45) is 2.99. The first-order valence-corrected chi connectivity index (χ1v) is 9.80. The molecule has 2 aliphatic rings. The third kappa shape index (κ3) is 2.92. The van der Waals surface area contributed by atoms with Crippen molar-refractivity contribution in [1.29, 1.82) is 0 Å². The molecule has 0 bridgehead atoms. The Morgan fingerprint density at radius 1 is 1.35 bits per heavy atom. The molecule has 0 unspecified atom stereocenters. The number of hydrogen-bond donors (Lipinski definition) is 1. The van der Waals surface area contributed by atoms with Gasteiger partial charge in [-0.3, -0.25) is 0 Å². The highest BCUT2D eigenvalue weighted by molar-refractivity contribution is 7.87. The zero-order chi connectivity index (χ0) is 16.8. The van der Waals surface area contributed by atoms with Crippen LogP contribution in [0.3, 0.4) is 0 Å². The van der Waals surface area contributed by atoms with E-state index in [-0.39, 0.29) is 23.3 Å². The Bertz CT molecular complexity index is 670. The minimum absolute atomic E-state index is 0.118. The van der Waals surface area contributed by atoms with Crippen molar-refractivity contribution in [1.82, 2.24) is 19.2 Å². The van der Waals surface area contributed by atoms with Gasteiger partial charge in [0.25, 0.3) is 10.2 Å². The van der Waals surface area contributed by atoms with E-state index in [1.165, 1.54) is 0 Å². The number of nitrogens with one attached hydrogen (secondary N) is 1. The summed E-state index contributed by atoms with van der Waals surface area (Å²) in [5, 5.41) is 4.08. The molecule has 2 fully saturated rings. The summed E-state index contributed by atoms with van der Waals surface area (Å²) in [6.45, 7) is 8.67. The lowest BCUT2D eigenvalue weighted by molar-refractivity contribution is 0.260. The van der Waals surface area contributed by atoms with Crippen molar-refractivity contribution in [3.05, 3.63) is 11.7 Å². The quantitative estimate of drug-likeness (QED) is 0.881. The maximum absolute atomic E-state index is 12.5. The third-order valence-electron chi connectivity index (χ3n) is 4.95. The van der Waals surface area contributed by atoms with Crippen molar-refractivity contribution in [2.24, 2.45) is 5.92 Å². The van der Waals surface area contributed by atoms with E-state index >= 15 is 0 Å². The largest absolute Gasteiger partial charge is 0.339 e. The summed E-state index contributed by atoms with van der Waals surface area (Å²) in [5.41, 5.74) is -0.314. The van der Waals surface area contributed by atoms with Gasteiger partial charge < -0.3 is 4.52 Å². The Labute approximate surface area is 138 Å². The molecular formula is C15H26N4O3S. The van der Waals surface area contributed by atoms with Crippen LogP contribution in [-0.2, 0) is 15.6 Å². The fourth-order valence-corrected chi connectivity index (χ4v) is 5.34. The topological polar surface area (TPSA) is 88.3 Å². The average Bonchev–Trinajstić information content (AvgIpc) is 3.10. The van der Waals surface area contributed by atoms with E-state index in [0.717, 1.165) is 19.3 Å². The van der Waals surface area contributed by atoms with Gasteiger partial charge in [-0.25, -0.2) is 0 Å². The van der Waals surface area contributed by atoms with Gasteiger partial charge in [0.2, 0.25) is 5.89 Å². The van der Waals surface area contributed by atoms with Crippen molar-refractivity contribution in [3.8, 4) is 0 Å². The highest BCUT2D eigenvalue weighted by atomic mass is 32.2. The molecule has 1 aliphatic carbocycles. The molecule has 1 saturated carbocycles. The third-order valence-corrected chi connectivity index (χ3v) is 6.68. The van der Waals surface area contributed by atoms with Crippen molar-refractivity contribution in [2.45, 2.75) is 64.3 Å². The van der Waals surface area contributed by atoms with Gasteiger partial charge in [-0.05, 0) is 32.6 Å². The van der Waals surface area contributed by atoms with Crippen LogP contribution >= 0.6 is 0 Å². The molecule has 2 atom stereocenters. The van der Waals surface area contributed by atoms with Crippen molar-refractivity contribution in [2.75, 3.05) is 13.1 Å². The van der Waals surface area contributed by atoms with Crippen LogP contribution in [0.1, 0.15) is 64.6 Å². The summed E-state index contributed by atoms with van der Waals surface area (Å²) in [6, 6.07) is -0.118. The summed E-state index contributed by atoms with van der Waals surface area (Å²) in [7, 11) is -3.46. The normalized spacial score (nSPS) is 28.9. The number of fused-ring (bicyclic) bond motifs is 1. The highest BCUT2D eigenvalue weighted by Gasteiger charge is 2.56. The first-order valence-electron chi connectivity index (χ1n) is 8.36. The van der Waals surface area contributed by atoms with Gasteiger partial charge in [0.05, 0.1) is 5.41 Å². The molecule has 1 aromatic rings. The van der Waals surface area contributed by atoms with E-state index in [0.29, 0.717) is 24.8 Å². The Morgan fingerprint density at radius 3 is 2.70 bits per heavy atom. The van der Waals surface area contributed by atoms with Crippen LogP contribution in [0, 0.1) is 5.92 Å². The number of hydrogen-bond acceptors (Lipinski definition) is 5. The van der Waals surface area contributed by atoms with Gasteiger partial charge >= 0.3 is 0 Å². The van der Waals surface area contributed by atoms with E-state index in [1.54, 1.807) is 4.31 Å². The standard InChI is InChI=1S/C15H26N4O3S/c1-10(2)13-16-14(22-17-13)15-7-5-6-12(15)8-19(9-15)23(20,21)18-11(3)4/h10-12,18H,5-9H2,1-4H3/t12-,15-/m1/s1. The van der Waals surface area contributed by atoms with Crippen LogP contribution < -0.4 is 4.72 Å². The SMILES string of the molecule is CC(C)NS(=O)(=O)N1C[C@H]2CCC[C@@]2(c2nc(C(C)C)no2)C1. The van der Waals surface area contributed by atoms with Crippen LogP contribution in [-0.4, -0.2) is 42.0 Å². The molecule has 2 heterocycles. The molecule has 130 valence electrons. The minimum Gasteiger partial charge on any atom is -0.339 e. The molecule has 1 aliphatic heterocycles. The summed E-state index contributed by atoms with van der Waals surface area (Å²) < 4.78 is 34.8. The lowest BCUT2D eigenvalue weighted by Gasteiger charge is -2.24. The van der Waals surface area contributed by atoms with Crippen LogP contribution in [0.15, 0.2) is 4.52 Å². The second kappa shape index (κ2) is 5.82. The van der Waals surface area contributed by atoms with E-state index in [4.69, 9.17) is 4.52 Å². The van der Waals surface area contributed by atoms with E-state index in [9.17, 15) is 8.42 Å². The highest BCUT2D eigenvalue weighted by Crippen LogP contribution is 2.50. The summed E-state index contributed by atoms with van der Waals surface area (Å²) >= 11 is 0. The first-order chi connectivity index (χ1) is 10.7.